The van der Waals surface area contributed by atoms with Gasteiger partial charge in [-0.1, -0.05) is 0 Å². The molecular formula is C12H17FN2. The van der Waals surface area contributed by atoms with Crippen molar-refractivity contribution in [2.75, 3.05) is 38.1 Å². The zero-order valence-corrected chi connectivity index (χ0v) is 9.33. The Morgan fingerprint density at radius 3 is 2.33 bits per heavy atom. The Morgan fingerprint density at radius 2 is 1.73 bits per heavy atom. The van der Waals surface area contributed by atoms with E-state index in [9.17, 15) is 4.39 Å². The van der Waals surface area contributed by atoms with Crippen LogP contribution in [0.5, 0.6) is 0 Å². The normalized spacial score (nSPS) is 18.2. The van der Waals surface area contributed by atoms with E-state index in [1.807, 2.05) is 6.92 Å². The third kappa shape index (κ3) is 2.48. The van der Waals surface area contributed by atoms with Crippen LogP contribution < -0.4 is 4.90 Å². The molecular weight excluding hydrogens is 191 g/mol. The first kappa shape index (κ1) is 10.4. The molecule has 1 aromatic carbocycles. The minimum atomic E-state index is -0.135. The molecule has 1 fully saturated rings. The topological polar surface area (TPSA) is 6.48 Å². The maximum absolute atomic E-state index is 13.2. The third-order valence-corrected chi connectivity index (χ3v) is 2.90. The van der Waals surface area contributed by atoms with Gasteiger partial charge in [0.2, 0.25) is 0 Å². The first-order chi connectivity index (χ1) is 7.15. The molecule has 0 aromatic heterocycles. The lowest BCUT2D eigenvalue weighted by molar-refractivity contribution is 0.312. The van der Waals surface area contributed by atoms with Crippen LogP contribution in [0.3, 0.4) is 0 Å². The molecule has 0 spiro atoms. The highest BCUT2D eigenvalue weighted by atomic mass is 19.1. The lowest BCUT2D eigenvalue weighted by atomic mass is 10.2. The average Bonchev–Trinajstić information content (AvgIpc) is 2.17. The van der Waals surface area contributed by atoms with Crippen molar-refractivity contribution in [1.82, 2.24) is 4.90 Å². The molecule has 0 atom stereocenters. The van der Waals surface area contributed by atoms with Gasteiger partial charge in [-0.05, 0) is 37.7 Å². The second-order valence-corrected chi connectivity index (χ2v) is 4.28. The van der Waals surface area contributed by atoms with Gasteiger partial charge in [0.15, 0.2) is 0 Å². The number of hydrogen-bond acceptors (Lipinski definition) is 2. The number of hydrogen-bond donors (Lipinski definition) is 0. The van der Waals surface area contributed by atoms with Gasteiger partial charge in [0.05, 0.1) is 0 Å². The molecule has 1 aliphatic heterocycles. The van der Waals surface area contributed by atoms with Crippen LogP contribution in [0.1, 0.15) is 5.56 Å². The summed E-state index contributed by atoms with van der Waals surface area (Å²) in [6, 6.07) is 5.24. The summed E-state index contributed by atoms with van der Waals surface area (Å²) in [6.45, 7) is 6.01. The van der Waals surface area contributed by atoms with E-state index in [1.165, 1.54) is 0 Å². The van der Waals surface area contributed by atoms with Crippen LogP contribution in [0.15, 0.2) is 18.2 Å². The molecule has 2 nitrogen and oxygen atoms in total. The Bertz CT molecular complexity index is 323. The van der Waals surface area contributed by atoms with Gasteiger partial charge < -0.3 is 9.80 Å². The molecule has 0 saturated carbocycles. The summed E-state index contributed by atoms with van der Waals surface area (Å²) in [7, 11) is 2.12. The number of halogens is 1. The Balaban J connectivity index is 2.15. The SMILES string of the molecule is Cc1cc(F)cc(N2CCN(C)CC2)c1. The van der Waals surface area contributed by atoms with Gasteiger partial charge in [-0.25, -0.2) is 4.39 Å². The van der Waals surface area contributed by atoms with E-state index >= 15 is 0 Å². The lowest BCUT2D eigenvalue weighted by Gasteiger charge is -2.34. The molecule has 0 bridgehead atoms. The molecule has 1 aromatic rings. The van der Waals surface area contributed by atoms with Crippen molar-refractivity contribution < 1.29 is 4.39 Å². The van der Waals surface area contributed by atoms with E-state index in [4.69, 9.17) is 0 Å². The Hall–Kier alpha value is -1.09. The van der Waals surface area contributed by atoms with E-state index in [1.54, 1.807) is 12.1 Å². The fourth-order valence-corrected chi connectivity index (χ4v) is 1.96. The molecule has 0 unspecified atom stereocenters. The summed E-state index contributed by atoms with van der Waals surface area (Å²) in [4.78, 5) is 4.54. The van der Waals surface area contributed by atoms with E-state index in [-0.39, 0.29) is 5.82 Å². The summed E-state index contributed by atoms with van der Waals surface area (Å²) in [5, 5.41) is 0. The maximum atomic E-state index is 13.2. The zero-order chi connectivity index (χ0) is 10.8. The zero-order valence-electron chi connectivity index (χ0n) is 9.33. The van der Waals surface area contributed by atoms with Crippen molar-refractivity contribution in [3.05, 3.63) is 29.6 Å². The smallest absolute Gasteiger partial charge is 0.125 e. The molecule has 1 aliphatic rings. The number of rotatable bonds is 1. The van der Waals surface area contributed by atoms with E-state index < -0.39 is 0 Å². The average molecular weight is 208 g/mol. The summed E-state index contributed by atoms with van der Waals surface area (Å²) in [5.41, 5.74) is 2.00. The fraction of sp³-hybridized carbons (Fsp3) is 0.500. The van der Waals surface area contributed by atoms with Gasteiger partial charge in [0, 0.05) is 31.9 Å². The monoisotopic (exact) mass is 208 g/mol. The maximum Gasteiger partial charge on any atom is 0.125 e. The summed E-state index contributed by atoms with van der Waals surface area (Å²) < 4.78 is 13.2. The highest BCUT2D eigenvalue weighted by Crippen LogP contribution is 2.19. The van der Waals surface area contributed by atoms with Crippen molar-refractivity contribution in [2.45, 2.75) is 6.92 Å². The standard InChI is InChI=1S/C12H17FN2/c1-10-7-11(13)9-12(8-10)15-5-3-14(2)4-6-15/h7-9H,3-6H2,1-2H3. The lowest BCUT2D eigenvalue weighted by Crippen LogP contribution is -2.44. The highest BCUT2D eigenvalue weighted by molar-refractivity contribution is 5.49. The van der Waals surface area contributed by atoms with Crippen LogP contribution >= 0.6 is 0 Å². The van der Waals surface area contributed by atoms with E-state index in [2.05, 4.69) is 22.9 Å². The van der Waals surface area contributed by atoms with Crippen molar-refractivity contribution >= 4 is 5.69 Å². The predicted octanol–water partition coefficient (Wildman–Crippen LogP) is 1.89. The van der Waals surface area contributed by atoms with Crippen LogP contribution in [0.2, 0.25) is 0 Å². The van der Waals surface area contributed by atoms with Crippen LogP contribution in [0.25, 0.3) is 0 Å². The van der Waals surface area contributed by atoms with Crippen molar-refractivity contribution in [3.8, 4) is 0 Å². The number of benzene rings is 1. The quantitative estimate of drug-likeness (QED) is 0.695. The fourth-order valence-electron chi connectivity index (χ4n) is 1.96. The summed E-state index contributed by atoms with van der Waals surface area (Å²) in [5.74, 6) is -0.135. The van der Waals surface area contributed by atoms with E-state index in [0.29, 0.717) is 0 Å². The van der Waals surface area contributed by atoms with Crippen LogP contribution in [-0.4, -0.2) is 38.1 Å². The van der Waals surface area contributed by atoms with Crippen LogP contribution in [-0.2, 0) is 0 Å². The largest absolute Gasteiger partial charge is 0.369 e. The van der Waals surface area contributed by atoms with Gasteiger partial charge in [0.25, 0.3) is 0 Å². The molecule has 0 amide bonds. The second-order valence-electron chi connectivity index (χ2n) is 4.28. The van der Waals surface area contributed by atoms with Crippen molar-refractivity contribution in [1.29, 1.82) is 0 Å². The van der Waals surface area contributed by atoms with Gasteiger partial charge >= 0.3 is 0 Å². The van der Waals surface area contributed by atoms with Gasteiger partial charge in [0.1, 0.15) is 5.82 Å². The number of aryl methyl sites for hydroxylation is 1. The number of nitrogens with zero attached hydrogens (tertiary/aromatic N) is 2. The minimum Gasteiger partial charge on any atom is -0.369 e. The minimum absolute atomic E-state index is 0.135. The van der Waals surface area contributed by atoms with Crippen LogP contribution in [0.4, 0.5) is 10.1 Å². The molecule has 0 N–H and O–H groups in total. The molecule has 15 heavy (non-hydrogen) atoms. The molecule has 3 heteroatoms. The Morgan fingerprint density at radius 1 is 1.07 bits per heavy atom. The molecule has 2 rings (SSSR count). The Kier molecular flexibility index (Phi) is 2.91. The van der Waals surface area contributed by atoms with Gasteiger partial charge in [-0.3, -0.25) is 0 Å². The van der Waals surface area contributed by atoms with Crippen molar-refractivity contribution in [3.63, 3.8) is 0 Å². The van der Waals surface area contributed by atoms with Gasteiger partial charge in [-0.15, -0.1) is 0 Å². The van der Waals surface area contributed by atoms with Crippen molar-refractivity contribution in [2.24, 2.45) is 0 Å². The van der Waals surface area contributed by atoms with E-state index in [0.717, 1.165) is 37.4 Å². The first-order valence-corrected chi connectivity index (χ1v) is 5.36. The first-order valence-electron chi connectivity index (χ1n) is 5.36. The molecule has 82 valence electrons. The second kappa shape index (κ2) is 4.19. The predicted molar refractivity (Wildman–Crippen MR) is 60.8 cm³/mol. The summed E-state index contributed by atoms with van der Waals surface area (Å²) >= 11 is 0. The molecule has 1 saturated heterocycles. The molecule has 0 radical (unpaired) electrons. The number of anilines is 1. The molecule has 1 heterocycles. The molecule has 0 aliphatic carbocycles. The van der Waals surface area contributed by atoms with Crippen LogP contribution in [0, 0.1) is 12.7 Å². The number of likely N-dealkylation sites (N-methyl/N-ethyl adjacent to an activating group) is 1. The highest BCUT2D eigenvalue weighted by Gasteiger charge is 2.14. The third-order valence-electron chi connectivity index (χ3n) is 2.90. The number of piperazine rings is 1. The Labute approximate surface area is 90.3 Å². The van der Waals surface area contributed by atoms with Gasteiger partial charge in [-0.2, -0.15) is 0 Å². The summed E-state index contributed by atoms with van der Waals surface area (Å²) in [6.07, 6.45) is 0.